The lowest BCUT2D eigenvalue weighted by atomic mass is 9.70. The van der Waals surface area contributed by atoms with Crippen LogP contribution >= 0.6 is 0 Å². The van der Waals surface area contributed by atoms with Gasteiger partial charge in [0, 0.05) is 33.4 Å². The maximum Gasteiger partial charge on any atom is 0.0726 e. The number of fused-ring (bicyclic) bond motifs is 19. The van der Waals surface area contributed by atoms with Crippen LogP contribution in [0.3, 0.4) is 0 Å². The first kappa shape index (κ1) is 41.8. The Morgan fingerprint density at radius 1 is 0.267 bits per heavy atom. The number of anilines is 3. The second-order valence-electron chi connectivity index (χ2n) is 20.3. The van der Waals surface area contributed by atoms with Crippen molar-refractivity contribution in [2.24, 2.45) is 0 Å². The van der Waals surface area contributed by atoms with Crippen molar-refractivity contribution >= 4 is 71.2 Å². The van der Waals surface area contributed by atoms with Gasteiger partial charge < -0.3 is 9.47 Å². The summed E-state index contributed by atoms with van der Waals surface area (Å²) in [5, 5.41) is 10.1. The number of rotatable bonds is 6. The standard InChI is InChI=1S/C73H46N2/c1-2-20-51(21-3-1)75-69-34-15-11-28-61(69)62-42-38-50(45-71(62)75)49-19-16-18-48(44-49)47-36-39-52(40-37-47)74(53-41-43-58-56-24-5-4-22-54(56)55-23-6-7-25-57(55)64(58)46-53)70-35-17-33-68-72(70)63-29-10-14-32-67(63)73(68)65-30-12-8-26-59(65)60-27-9-13-31-66(60)73/h1-46H. The third-order valence-electron chi connectivity index (χ3n) is 16.6. The lowest BCUT2D eigenvalue weighted by Gasteiger charge is -2.32. The van der Waals surface area contributed by atoms with Gasteiger partial charge in [0.05, 0.1) is 22.1 Å². The highest BCUT2D eigenvalue weighted by molar-refractivity contribution is 6.26. The first-order valence-corrected chi connectivity index (χ1v) is 26.1. The van der Waals surface area contributed by atoms with E-state index in [1.54, 1.807) is 0 Å². The molecule has 16 rings (SSSR count). The molecule has 0 saturated carbocycles. The van der Waals surface area contributed by atoms with E-state index in [1.165, 1.54) is 115 Å². The molecule has 0 atom stereocenters. The minimum atomic E-state index is -0.461. The maximum atomic E-state index is 2.52. The Morgan fingerprint density at radius 3 is 1.43 bits per heavy atom. The van der Waals surface area contributed by atoms with Gasteiger partial charge in [-0.3, -0.25) is 0 Å². The van der Waals surface area contributed by atoms with Gasteiger partial charge in [-0.15, -0.1) is 0 Å². The van der Waals surface area contributed by atoms with Crippen LogP contribution in [0.4, 0.5) is 17.1 Å². The van der Waals surface area contributed by atoms with Gasteiger partial charge in [-0.1, -0.05) is 218 Å². The van der Waals surface area contributed by atoms with E-state index in [1.807, 2.05) is 0 Å². The number of hydrogen-bond donors (Lipinski definition) is 0. The van der Waals surface area contributed by atoms with Crippen LogP contribution in [0.1, 0.15) is 22.3 Å². The van der Waals surface area contributed by atoms with Crippen molar-refractivity contribution in [3.05, 3.63) is 301 Å². The molecule has 0 saturated heterocycles. The van der Waals surface area contributed by atoms with Gasteiger partial charge in [-0.05, 0) is 154 Å². The zero-order chi connectivity index (χ0) is 49.2. The number of aromatic nitrogens is 1. The van der Waals surface area contributed by atoms with E-state index < -0.39 is 5.41 Å². The van der Waals surface area contributed by atoms with Gasteiger partial charge in [0.1, 0.15) is 0 Å². The van der Waals surface area contributed by atoms with Crippen molar-refractivity contribution in [1.82, 2.24) is 4.57 Å². The third-order valence-corrected chi connectivity index (χ3v) is 16.6. The average molecular weight is 951 g/mol. The van der Waals surface area contributed by atoms with Crippen LogP contribution in [0.15, 0.2) is 279 Å². The lowest BCUT2D eigenvalue weighted by Crippen LogP contribution is -2.26. The second kappa shape index (κ2) is 16.1. The molecule has 2 aliphatic rings. The van der Waals surface area contributed by atoms with Crippen molar-refractivity contribution in [2.75, 3.05) is 4.90 Å². The highest BCUT2D eigenvalue weighted by Crippen LogP contribution is 2.64. The molecule has 1 heterocycles. The van der Waals surface area contributed by atoms with Crippen molar-refractivity contribution in [2.45, 2.75) is 5.41 Å². The van der Waals surface area contributed by atoms with Crippen LogP contribution in [0, 0.1) is 0 Å². The highest BCUT2D eigenvalue weighted by atomic mass is 15.1. The fraction of sp³-hybridized carbons (Fsp3) is 0.0137. The molecule has 0 amide bonds. The van der Waals surface area contributed by atoms with Crippen molar-refractivity contribution in [1.29, 1.82) is 0 Å². The average Bonchev–Trinajstić information content (AvgIpc) is 4.10. The van der Waals surface area contributed by atoms with Crippen LogP contribution < -0.4 is 4.90 Å². The quantitative estimate of drug-likeness (QED) is 0.151. The SMILES string of the molecule is c1ccc(-n2c3ccccc3c3ccc(-c4cccc(-c5ccc(N(c6ccc7c8ccccc8c8ccccc8c7c6)c6cccc7c6-c6ccccc6C76c7ccccc7-c7ccccc76)cc5)c4)cc32)cc1. The first-order valence-electron chi connectivity index (χ1n) is 26.1. The van der Waals surface area contributed by atoms with Crippen LogP contribution in [-0.4, -0.2) is 4.57 Å². The van der Waals surface area contributed by atoms with Gasteiger partial charge in [0.25, 0.3) is 0 Å². The second-order valence-corrected chi connectivity index (χ2v) is 20.3. The monoisotopic (exact) mass is 950 g/mol. The van der Waals surface area contributed by atoms with Crippen molar-refractivity contribution < 1.29 is 0 Å². The fourth-order valence-electron chi connectivity index (χ4n) is 13.5. The molecule has 348 valence electrons. The summed E-state index contributed by atoms with van der Waals surface area (Å²) in [6.07, 6.45) is 0. The fourth-order valence-corrected chi connectivity index (χ4v) is 13.5. The van der Waals surface area contributed by atoms with Crippen molar-refractivity contribution in [3.8, 4) is 50.2 Å². The van der Waals surface area contributed by atoms with Crippen LogP contribution in [0.5, 0.6) is 0 Å². The zero-order valence-electron chi connectivity index (χ0n) is 41.0. The number of benzene rings is 13. The van der Waals surface area contributed by atoms with Gasteiger partial charge in [0.2, 0.25) is 0 Å². The van der Waals surface area contributed by atoms with E-state index in [9.17, 15) is 0 Å². The van der Waals surface area contributed by atoms with Gasteiger partial charge >= 0.3 is 0 Å². The Hall–Kier alpha value is -9.76. The molecule has 0 aliphatic heterocycles. The summed E-state index contributed by atoms with van der Waals surface area (Å²) in [7, 11) is 0. The summed E-state index contributed by atoms with van der Waals surface area (Å²) >= 11 is 0. The minimum Gasteiger partial charge on any atom is -0.310 e. The largest absolute Gasteiger partial charge is 0.310 e. The normalized spacial score (nSPS) is 12.9. The van der Waals surface area contributed by atoms with Crippen LogP contribution in [0.25, 0.3) is 104 Å². The van der Waals surface area contributed by atoms with E-state index in [-0.39, 0.29) is 0 Å². The predicted molar refractivity (Wildman–Crippen MR) is 315 cm³/mol. The van der Waals surface area contributed by atoms with Gasteiger partial charge in [-0.2, -0.15) is 0 Å². The van der Waals surface area contributed by atoms with E-state index in [0.29, 0.717) is 0 Å². The summed E-state index contributed by atoms with van der Waals surface area (Å²) in [6.45, 7) is 0. The summed E-state index contributed by atoms with van der Waals surface area (Å²) in [5.41, 5.74) is 21.7. The van der Waals surface area contributed by atoms with E-state index in [4.69, 9.17) is 0 Å². The summed E-state index contributed by atoms with van der Waals surface area (Å²) in [6, 6.07) is 104. The number of para-hydroxylation sites is 2. The molecule has 2 heteroatoms. The molecule has 2 nitrogen and oxygen atoms in total. The smallest absolute Gasteiger partial charge is 0.0726 e. The molecule has 0 bridgehead atoms. The molecule has 0 radical (unpaired) electrons. The molecular weight excluding hydrogens is 905 g/mol. The molecule has 1 aromatic heterocycles. The Balaban J connectivity index is 0.879. The Labute approximate surface area is 435 Å². The lowest BCUT2D eigenvalue weighted by molar-refractivity contribution is 0.794. The van der Waals surface area contributed by atoms with Gasteiger partial charge in [-0.25, -0.2) is 0 Å². The summed E-state index contributed by atoms with van der Waals surface area (Å²) < 4.78 is 2.40. The molecule has 0 unspecified atom stereocenters. The third kappa shape index (κ3) is 5.97. The topological polar surface area (TPSA) is 8.17 Å². The van der Waals surface area contributed by atoms with E-state index in [0.717, 1.165) is 28.3 Å². The molecule has 13 aromatic carbocycles. The van der Waals surface area contributed by atoms with Crippen LogP contribution in [0.2, 0.25) is 0 Å². The molecule has 0 fully saturated rings. The number of nitrogens with zero attached hydrogens (tertiary/aromatic N) is 2. The van der Waals surface area contributed by atoms with Crippen LogP contribution in [-0.2, 0) is 5.41 Å². The molecule has 2 aliphatic carbocycles. The Bertz CT molecular complexity index is 4570. The minimum absolute atomic E-state index is 0.461. The van der Waals surface area contributed by atoms with Gasteiger partial charge in [0.15, 0.2) is 0 Å². The number of hydrogen-bond acceptors (Lipinski definition) is 1. The van der Waals surface area contributed by atoms with Crippen molar-refractivity contribution in [3.63, 3.8) is 0 Å². The summed E-state index contributed by atoms with van der Waals surface area (Å²) in [4.78, 5) is 2.52. The summed E-state index contributed by atoms with van der Waals surface area (Å²) in [5.74, 6) is 0. The van der Waals surface area contributed by atoms with E-state index in [2.05, 4.69) is 289 Å². The Kier molecular flexibility index (Phi) is 8.99. The Morgan fingerprint density at radius 2 is 0.733 bits per heavy atom. The molecule has 1 spiro atoms. The molecule has 75 heavy (non-hydrogen) atoms. The highest BCUT2D eigenvalue weighted by Gasteiger charge is 2.52. The first-order chi connectivity index (χ1) is 37.2. The maximum absolute atomic E-state index is 2.52. The van der Waals surface area contributed by atoms with E-state index >= 15 is 0 Å². The zero-order valence-corrected chi connectivity index (χ0v) is 41.0. The molecular formula is C73H46N2. The predicted octanol–water partition coefficient (Wildman–Crippen LogP) is 19.4. The molecule has 0 N–H and O–H groups in total. The molecule has 14 aromatic rings.